The third kappa shape index (κ3) is 6.08. The monoisotopic (exact) mass is 419 g/mol. The molecule has 0 bridgehead atoms. The second-order valence-electron chi connectivity index (χ2n) is 6.90. The molecule has 3 rings (SSSR count). The van der Waals surface area contributed by atoms with Gasteiger partial charge >= 0.3 is 0 Å². The van der Waals surface area contributed by atoms with E-state index in [0.29, 0.717) is 11.6 Å². The predicted molar refractivity (Wildman–Crippen MR) is 106 cm³/mol. The molecule has 1 heterocycles. The molecule has 1 fully saturated rings. The summed E-state index contributed by atoms with van der Waals surface area (Å²) in [4.78, 5) is 21.4. The quantitative estimate of drug-likeness (QED) is 0.739. The van der Waals surface area contributed by atoms with Crippen LogP contribution in [0.15, 0.2) is 41.9 Å². The SMILES string of the molecule is CS(=O)(=O)C=CCNC(=O)c1cnc(C2CCCC2)nc1Oc1ccc(F)cc1. The Balaban J connectivity index is 1.82. The van der Waals surface area contributed by atoms with Crippen molar-refractivity contribution >= 4 is 15.7 Å². The molecule has 1 N–H and O–H groups in total. The van der Waals surface area contributed by atoms with Crippen LogP contribution in [0, 0.1) is 5.82 Å². The van der Waals surface area contributed by atoms with Crippen LogP contribution in [0.5, 0.6) is 11.6 Å². The van der Waals surface area contributed by atoms with Crippen LogP contribution in [0.3, 0.4) is 0 Å². The molecule has 2 aromatic rings. The van der Waals surface area contributed by atoms with E-state index in [-0.39, 0.29) is 23.9 Å². The molecule has 1 aliphatic carbocycles. The van der Waals surface area contributed by atoms with Gasteiger partial charge in [-0.1, -0.05) is 18.9 Å². The Morgan fingerprint density at radius 1 is 1.28 bits per heavy atom. The van der Waals surface area contributed by atoms with Gasteiger partial charge in [-0.3, -0.25) is 4.79 Å². The number of carbonyl (C=O) groups is 1. The number of rotatable bonds is 7. The van der Waals surface area contributed by atoms with Crippen LogP contribution in [0.4, 0.5) is 4.39 Å². The normalized spacial score (nSPS) is 15.0. The van der Waals surface area contributed by atoms with Gasteiger partial charge in [0.25, 0.3) is 5.91 Å². The molecule has 0 unspecified atom stereocenters. The lowest BCUT2D eigenvalue weighted by atomic mass is 10.1. The summed E-state index contributed by atoms with van der Waals surface area (Å²) < 4.78 is 41.2. The number of benzene rings is 1. The largest absolute Gasteiger partial charge is 0.438 e. The standard InChI is InChI=1S/C20H22FN3O4S/c1-29(26,27)12-4-11-22-19(25)17-13-23-18(14-5-2-3-6-14)24-20(17)28-16-9-7-15(21)8-10-16/h4,7-10,12-14H,2-3,5-6,11H2,1H3,(H,22,25). The summed E-state index contributed by atoms with van der Waals surface area (Å²) in [5.74, 6) is 0.362. The predicted octanol–water partition coefficient (Wildman–Crippen LogP) is 3.35. The average molecular weight is 419 g/mol. The molecule has 1 saturated carbocycles. The van der Waals surface area contributed by atoms with Crippen molar-refractivity contribution in [3.63, 3.8) is 0 Å². The smallest absolute Gasteiger partial charge is 0.258 e. The van der Waals surface area contributed by atoms with Crippen molar-refractivity contribution in [1.82, 2.24) is 15.3 Å². The Morgan fingerprint density at radius 3 is 2.62 bits per heavy atom. The lowest BCUT2D eigenvalue weighted by Gasteiger charge is -2.13. The number of ether oxygens (including phenoxy) is 1. The summed E-state index contributed by atoms with van der Waals surface area (Å²) in [7, 11) is -3.27. The van der Waals surface area contributed by atoms with E-state index in [9.17, 15) is 17.6 Å². The molecule has 7 nitrogen and oxygen atoms in total. The van der Waals surface area contributed by atoms with E-state index in [1.165, 1.54) is 36.5 Å². The van der Waals surface area contributed by atoms with E-state index < -0.39 is 21.6 Å². The lowest BCUT2D eigenvalue weighted by molar-refractivity contribution is 0.0954. The molecule has 9 heteroatoms. The molecule has 154 valence electrons. The highest BCUT2D eigenvalue weighted by molar-refractivity contribution is 7.93. The van der Waals surface area contributed by atoms with Gasteiger partial charge < -0.3 is 10.1 Å². The van der Waals surface area contributed by atoms with E-state index in [0.717, 1.165) is 37.3 Å². The van der Waals surface area contributed by atoms with E-state index in [2.05, 4.69) is 15.3 Å². The first-order chi connectivity index (χ1) is 13.8. The van der Waals surface area contributed by atoms with E-state index in [4.69, 9.17) is 4.74 Å². The zero-order chi connectivity index (χ0) is 20.9. The van der Waals surface area contributed by atoms with Crippen molar-refractivity contribution in [3.8, 4) is 11.6 Å². The lowest BCUT2D eigenvalue weighted by Crippen LogP contribution is -2.25. The van der Waals surface area contributed by atoms with Crippen molar-refractivity contribution in [2.75, 3.05) is 12.8 Å². The minimum Gasteiger partial charge on any atom is -0.438 e. The maximum absolute atomic E-state index is 13.2. The molecule has 1 amide bonds. The number of nitrogens with one attached hydrogen (secondary N) is 1. The highest BCUT2D eigenvalue weighted by Gasteiger charge is 2.23. The Bertz CT molecular complexity index is 1000. The third-order valence-corrected chi connectivity index (χ3v) is 5.18. The van der Waals surface area contributed by atoms with Gasteiger partial charge in [0.05, 0.1) is 0 Å². The fourth-order valence-electron chi connectivity index (χ4n) is 3.08. The van der Waals surface area contributed by atoms with Crippen molar-refractivity contribution in [3.05, 3.63) is 59.2 Å². The first kappa shape index (κ1) is 20.9. The zero-order valence-electron chi connectivity index (χ0n) is 16.0. The molecule has 0 radical (unpaired) electrons. The first-order valence-corrected chi connectivity index (χ1v) is 11.2. The second kappa shape index (κ2) is 9.13. The number of carbonyl (C=O) groups excluding carboxylic acids is 1. The van der Waals surface area contributed by atoms with Crippen LogP contribution in [-0.4, -0.2) is 37.1 Å². The van der Waals surface area contributed by atoms with Crippen LogP contribution in [0.25, 0.3) is 0 Å². The van der Waals surface area contributed by atoms with Gasteiger partial charge in [-0.15, -0.1) is 0 Å². The molecule has 1 aliphatic rings. The summed E-state index contributed by atoms with van der Waals surface area (Å²) in [6.45, 7) is 0.0201. The summed E-state index contributed by atoms with van der Waals surface area (Å²) >= 11 is 0. The summed E-state index contributed by atoms with van der Waals surface area (Å²) in [5, 5.41) is 3.60. The molecule has 1 aromatic heterocycles. The molecule has 1 aromatic carbocycles. The fourth-order valence-corrected chi connectivity index (χ4v) is 3.52. The molecule has 0 atom stereocenters. The summed E-state index contributed by atoms with van der Waals surface area (Å²) in [6.07, 6.45) is 8.00. The van der Waals surface area contributed by atoms with Gasteiger partial charge in [-0.2, -0.15) is 4.98 Å². The Hall–Kier alpha value is -2.81. The third-order valence-electron chi connectivity index (χ3n) is 4.49. The van der Waals surface area contributed by atoms with E-state index >= 15 is 0 Å². The zero-order valence-corrected chi connectivity index (χ0v) is 16.8. The number of amides is 1. The number of hydrogen-bond donors (Lipinski definition) is 1. The van der Waals surface area contributed by atoms with Gasteiger partial charge in [-0.25, -0.2) is 17.8 Å². The molecular weight excluding hydrogens is 397 g/mol. The Labute approximate surface area is 168 Å². The number of hydrogen-bond acceptors (Lipinski definition) is 6. The van der Waals surface area contributed by atoms with E-state index in [1.54, 1.807) is 0 Å². The highest BCUT2D eigenvalue weighted by Crippen LogP contribution is 2.34. The summed E-state index contributed by atoms with van der Waals surface area (Å²) in [6, 6.07) is 5.40. The average Bonchev–Trinajstić information content (AvgIpc) is 3.21. The Kier molecular flexibility index (Phi) is 6.58. The number of sulfone groups is 1. The van der Waals surface area contributed by atoms with Gasteiger partial charge in [0.15, 0.2) is 9.84 Å². The van der Waals surface area contributed by atoms with E-state index in [1.807, 2.05) is 0 Å². The molecule has 29 heavy (non-hydrogen) atoms. The van der Waals surface area contributed by atoms with Gasteiger partial charge in [0.2, 0.25) is 5.88 Å². The van der Waals surface area contributed by atoms with Crippen molar-refractivity contribution in [1.29, 1.82) is 0 Å². The molecular formula is C20H22FN3O4S. The number of halogens is 1. The molecule has 0 aliphatic heterocycles. The topological polar surface area (TPSA) is 98.2 Å². The minimum atomic E-state index is -3.27. The van der Waals surface area contributed by atoms with Crippen molar-refractivity contribution in [2.24, 2.45) is 0 Å². The fraction of sp³-hybridized carbons (Fsp3) is 0.350. The maximum atomic E-state index is 13.2. The first-order valence-electron chi connectivity index (χ1n) is 9.27. The van der Waals surface area contributed by atoms with Crippen LogP contribution in [0.1, 0.15) is 47.8 Å². The summed E-state index contributed by atoms with van der Waals surface area (Å²) in [5.41, 5.74) is 0.115. The van der Waals surface area contributed by atoms with Crippen LogP contribution >= 0.6 is 0 Å². The van der Waals surface area contributed by atoms with Crippen molar-refractivity contribution < 1.29 is 22.3 Å². The van der Waals surface area contributed by atoms with Gasteiger partial charge in [0.1, 0.15) is 23.0 Å². The number of nitrogens with zero attached hydrogens (tertiary/aromatic N) is 2. The number of aromatic nitrogens is 2. The van der Waals surface area contributed by atoms with Crippen LogP contribution in [-0.2, 0) is 9.84 Å². The molecule has 0 spiro atoms. The van der Waals surface area contributed by atoms with Crippen LogP contribution < -0.4 is 10.1 Å². The van der Waals surface area contributed by atoms with Gasteiger partial charge in [0, 0.05) is 30.3 Å². The minimum absolute atomic E-state index is 0.0201. The highest BCUT2D eigenvalue weighted by atomic mass is 32.2. The Morgan fingerprint density at radius 2 is 1.97 bits per heavy atom. The molecule has 0 saturated heterocycles. The van der Waals surface area contributed by atoms with Gasteiger partial charge in [-0.05, 0) is 37.1 Å². The van der Waals surface area contributed by atoms with Crippen molar-refractivity contribution in [2.45, 2.75) is 31.6 Å². The van der Waals surface area contributed by atoms with Crippen LogP contribution in [0.2, 0.25) is 0 Å². The second-order valence-corrected chi connectivity index (χ2v) is 8.83. The maximum Gasteiger partial charge on any atom is 0.258 e.